The average molecular weight is 371 g/mol. The first-order valence-corrected chi connectivity index (χ1v) is 8.80. The summed E-state index contributed by atoms with van der Waals surface area (Å²) < 4.78 is 45.6. The van der Waals surface area contributed by atoms with Crippen molar-refractivity contribution in [2.75, 3.05) is 13.7 Å². The summed E-state index contributed by atoms with van der Waals surface area (Å²) in [5.41, 5.74) is -0.529. The number of carbonyl (C=O) groups excluding carboxylic acids is 2. The van der Waals surface area contributed by atoms with E-state index in [-0.39, 0.29) is 18.5 Å². The van der Waals surface area contributed by atoms with Gasteiger partial charge in [0.1, 0.15) is 0 Å². The number of halogens is 3. The molecule has 0 heterocycles. The van der Waals surface area contributed by atoms with Crippen LogP contribution in [-0.2, 0) is 9.53 Å². The molecule has 0 saturated heterocycles. The number of amides is 1. The van der Waals surface area contributed by atoms with Crippen LogP contribution in [0.25, 0.3) is 0 Å². The summed E-state index contributed by atoms with van der Waals surface area (Å²) in [6.45, 7) is 3.63. The molecule has 1 amide bonds. The van der Waals surface area contributed by atoms with E-state index in [0.29, 0.717) is 6.42 Å². The van der Waals surface area contributed by atoms with Gasteiger partial charge in [0.15, 0.2) is 17.5 Å². The smallest absolute Gasteiger partial charge is 0.310 e. The molecule has 0 bridgehead atoms. The average Bonchev–Trinajstić information content (AvgIpc) is 2.63. The van der Waals surface area contributed by atoms with E-state index in [9.17, 15) is 22.8 Å². The summed E-state index contributed by atoms with van der Waals surface area (Å²) in [4.78, 5) is 26.2. The highest BCUT2D eigenvalue weighted by atomic mass is 19.2. The second kappa shape index (κ2) is 8.56. The maximum Gasteiger partial charge on any atom is 0.310 e. The summed E-state index contributed by atoms with van der Waals surface area (Å²) >= 11 is 0. The molecule has 0 aliphatic heterocycles. The topological polar surface area (TPSA) is 46.6 Å². The highest BCUT2D eigenvalue weighted by Crippen LogP contribution is 2.30. The molecule has 3 atom stereocenters. The largest absolute Gasteiger partial charge is 0.469 e. The Kier molecular flexibility index (Phi) is 6.67. The Bertz CT molecular complexity index is 680. The van der Waals surface area contributed by atoms with Gasteiger partial charge < -0.3 is 9.64 Å². The van der Waals surface area contributed by atoms with Gasteiger partial charge in [-0.15, -0.1) is 0 Å². The second-order valence-corrected chi connectivity index (χ2v) is 6.93. The zero-order valence-electron chi connectivity index (χ0n) is 15.2. The Balaban J connectivity index is 2.37. The lowest BCUT2D eigenvalue weighted by Gasteiger charge is -2.39. The van der Waals surface area contributed by atoms with Crippen LogP contribution in [-0.4, -0.2) is 36.5 Å². The number of nitrogens with zero attached hydrogens (tertiary/aromatic N) is 1. The van der Waals surface area contributed by atoms with Gasteiger partial charge in [-0.1, -0.05) is 26.7 Å². The molecule has 1 aliphatic rings. The third-order valence-corrected chi connectivity index (χ3v) is 5.07. The summed E-state index contributed by atoms with van der Waals surface area (Å²) in [6, 6.07) is 1.48. The van der Waals surface area contributed by atoms with Crippen LogP contribution in [0.1, 0.15) is 49.9 Å². The van der Waals surface area contributed by atoms with Crippen molar-refractivity contribution >= 4 is 11.9 Å². The molecule has 3 unspecified atom stereocenters. The van der Waals surface area contributed by atoms with Crippen LogP contribution >= 0.6 is 0 Å². The van der Waals surface area contributed by atoms with Crippen LogP contribution < -0.4 is 0 Å². The molecule has 0 aromatic heterocycles. The Morgan fingerprint density at radius 3 is 2.46 bits per heavy atom. The molecule has 0 spiro atoms. The van der Waals surface area contributed by atoms with E-state index in [0.717, 1.165) is 31.4 Å². The number of rotatable bonds is 5. The summed E-state index contributed by atoms with van der Waals surface area (Å²) in [6.07, 6.45) is 3.56. The first-order valence-electron chi connectivity index (χ1n) is 8.80. The Morgan fingerprint density at radius 2 is 1.85 bits per heavy atom. The van der Waals surface area contributed by atoms with E-state index in [4.69, 9.17) is 4.74 Å². The fraction of sp³-hybridized carbons (Fsp3) is 0.579. The third kappa shape index (κ3) is 4.19. The summed E-state index contributed by atoms with van der Waals surface area (Å²) in [5.74, 6) is -6.22. The molecule has 1 aromatic rings. The number of esters is 1. The maximum atomic E-state index is 14.1. The van der Waals surface area contributed by atoms with Crippen molar-refractivity contribution in [1.29, 1.82) is 0 Å². The molecular weight excluding hydrogens is 347 g/mol. The number of benzene rings is 1. The Morgan fingerprint density at radius 1 is 1.19 bits per heavy atom. The quantitative estimate of drug-likeness (QED) is 0.582. The second-order valence-electron chi connectivity index (χ2n) is 6.93. The van der Waals surface area contributed by atoms with E-state index in [1.807, 2.05) is 6.92 Å². The van der Waals surface area contributed by atoms with Crippen LogP contribution in [0, 0.1) is 29.3 Å². The minimum Gasteiger partial charge on any atom is -0.469 e. The molecule has 2 rings (SSSR count). The molecule has 1 aliphatic carbocycles. The van der Waals surface area contributed by atoms with Gasteiger partial charge >= 0.3 is 5.97 Å². The van der Waals surface area contributed by atoms with Crippen molar-refractivity contribution in [3.63, 3.8) is 0 Å². The van der Waals surface area contributed by atoms with Crippen molar-refractivity contribution in [2.45, 2.75) is 45.6 Å². The molecule has 4 nitrogen and oxygen atoms in total. The summed E-state index contributed by atoms with van der Waals surface area (Å²) in [7, 11) is 1.25. The molecule has 1 fully saturated rings. The Labute approximate surface area is 151 Å². The van der Waals surface area contributed by atoms with Gasteiger partial charge in [0.2, 0.25) is 0 Å². The third-order valence-electron chi connectivity index (χ3n) is 5.07. The first-order chi connectivity index (χ1) is 12.3. The first kappa shape index (κ1) is 20.3. The maximum absolute atomic E-state index is 14.1. The van der Waals surface area contributed by atoms with E-state index in [1.54, 1.807) is 6.92 Å². The van der Waals surface area contributed by atoms with Gasteiger partial charge in [-0.2, -0.15) is 0 Å². The zero-order chi connectivity index (χ0) is 19.4. The van der Waals surface area contributed by atoms with Crippen molar-refractivity contribution in [3.8, 4) is 0 Å². The van der Waals surface area contributed by atoms with Gasteiger partial charge in [-0.3, -0.25) is 9.59 Å². The van der Waals surface area contributed by atoms with Crippen LogP contribution in [0.3, 0.4) is 0 Å². The predicted octanol–water partition coefficient (Wildman–Crippen LogP) is 3.93. The minimum absolute atomic E-state index is 0.0267. The molecule has 7 heteroatoms. The van der Waals surface area contributed by atoms with Gasteiger partial charge in [0.05, 0.1) is 18.6 Å². The summed E-state index contributed by atoms with van der Waals surface area (Å²) in [5, 5.41) is 0. The number of hydrogen-bond acceptors (Lipinski definition) is 3. The lowest BCUT2D eigenvalue weighted by Crippen LogP contribution is -2.48. The molecule has 1 saturated carbocycles. The van der Waals surface area contributed by atoms with Crippen LogP contribution in [0.4, 0.5) is 13.2 Å². The predicted molar refractivity (Wildman–Crippen MR) is 90.0 cm³/mol. The zero-order valence-corrected chi connectivity index (χ0v) is 15.2. The fourth-order valence-corrected chi connectivity index (χ4v) is 3.55. The normalized spacial score (nSPS) is 21.2. The van der Waals surface area contributed by atoms with Crippen molar-refractivity contribution in [3.05, 3.63) is 35.1 Å². The van der Waals surface area contributed by atoms with Gasteiger partial charge in [0.25, 0.3) is 5.91 Å². The van der Waals surface area contributed by atoms with Crippen molar-refractivity contribution in [2.24, 2.45) is 11.8 Å². The monoisotopic (exact) mass is 371 g/mol. The SMILES string of the molecule is COC(=O)C(C)CN(C(=O)c1ccc(F)c(F)c1F)C1CCCCC1C. The lowest BCUT2D eigenvalue weighted by atomic mass is 9.84. The fourth-order valence-electron chi connectivity index (χ4n) is 3.55. The van der Waals surface area contributed by atoms with E-state index >= 15 is 0 Å². The van der Waals surface area contributed by atoms with Crippen LogP contribution in [0.15, 0.2) is 12.1 Å². The molecule has 0 radical (unpaired) electrons. The van der Waals surface area contributed by atoms with Crippen LogP contribution in [0.5, 0.6) is 0 Å². The van der Waals surface area contributed by atoms with Crippen molar-refractivity contribution in [1.82, 2.24) is 4.90 Å². The lowest BCUT2D eigenvalue weighted by molar-refractivity contribution is -0.145. The molecule has 144 valence electrons. The highest BCUT2D eigenvalue weighted by Gasteiger charge is 2.34. The highest BCUT2D eigenvalue weighted by molar-refractivity contribution is 5.95. The standard InChI is InChI=1S/C19H24F3NO3/c1-11-6-4-5-7-15(11)23(10-12(2)19(25)26-3)18(24)13-8-9-14(20)17(22)16(13)21/h8-9,11-12,15H,4-7,10H2,1-3H3. The molecule has 1 aromatic carbocycles. The number of methoxy groups -OCH3 is 1. The Hall–Kier alpha value is -2.05. The molecule has 26 heavy (non-hydrogen) atoms. The molecular formula is C19H24F3NO3. The number of hydrogen-bond donors (Lipinski definition) is 0. The minimum atomic E-state index is -1.67. The van der Waals surface area contributed by atoms with Gasteiger partial charge in [-0.25, -0.2) is 13.2 Å². The number of ether oxygens (including phenoxy) is 1. The van der Waals surface area contributed by atoms with Gasteiger partial charge in [-0.05, 0) is 30.9 Å². The van der Waals surface area contributed by atoms with E-state index in [1.165, 1.54) is 12.0 Å². The number of carbonyl (C=O) groups is 2. The van der Waals surface area contributed by atoms with E-state index in [2.05, 4.69) is 0 Å². The van der Waals surface area contributed by atoms with Gasteiger partial charge in [0, 0.05) is 12.6 Å². The molecule has 0 N–H and O–H groups in total. The van der Waals surface area contributed by atoms with E-state index < -0.39 is 40.8 Å². The van der Waals surface area contributed by atoms with Crippen LogP contribution in [0.2, 0.25) is 0 Å². The van der Waals surface area contributed by atoms with Crippen molar-refractivity contribution < 1.29 is 27.5 Å².